The van der Waals surface area contributed by atoms with Gasteiger partial charge >= 0.3 is 0 Å². The van der Waals surface area contributed by atoms with Gasteiger partial charge < -0.3 is 15.4 Å². The molecule has 1 aliphatic rings. The lowest BCUT2D eigenvalue weighted by molar-refractivity contribution is -0.133. The second kappa shape index (κ2) is 4.52. The number of anilines is 1. The van der Waals surface area contributed by atoms with E-state index in [0.29, 0.717) is 6.54 Å². The minimum atomic E-state index is -0.156. The monoisotopic (exact) mass is 249 g/mol. The van der Waals surface area contributed by atoms with Gasteiger partial charge in [-0.3, -0.25) is 4.98 Å². The van der Waals surface area contributed by atoms with Gasteiger partial charge in [-0.15, -0.1) is 0 Å². The summed E-state index contributed by atoms with van der Waals surface area (Å²) in [4.78, 5) is 6.50. The number of hydrogen-bond acceptors (Lipinski definition) is 4. The number of pyridine rings is 1. The predicted molar refractivity (Wildman–Crippen MR) is 73.6 cm³/mol. The molecule has 0 aliphatic carbocycles. The van der Waals surface area contributed by atoms with Gasteiger partial charge in [0.05, 0.1) is 11.2 Å². The minimum absolute atomic E-state index is 0.156. The van der Waals surface area contributed by atoms with Crippen LogP contribution in [0.5, 0.6) is 0 Å². The SMILES string of the molecule is CC1(C)CN(c2ccncc2CN)CC(C)(C)O1. The maximum Gasteiger partial charge on any atom is 0.0808 e. The van der Waals surface area contributed by atoms with Gasteiger partial charge in [-0.25, -0.2) is 0 Å². The van der Waals surface area contributed by atoms with Crippen LogP contribution < -0.4 is 10.6 Å². The first-order valence-corrected chi connectivity index (χ1v) is 6.41. The van der Waals surface area contributed by atoms with E-state index < -0.39 is 0 Å². The van der Waals surface area contributed by atoms with Gasteiger partial charge in [-0.1, -0.05) is 0 Å². The summed E-state index contributed by atoms with van der Waals surface area (Å²) in [5.74, 6) is 0. The second-order valence-corrected chi connectivity index (χ2v) is 6.19. The summed E-state index contributed by atoms with van der Waals surface area (Å²) < 4.78 is 6.10. The third-order valence-electron chi connectivity index (χ3n) is 3.13. The van der Waals surface area contributed by atoms with E-state index in [9.17, 15) is 0 Å². The highest BCUT2D eigenvalue weighted by atomic mass is 16.5. The molecule has 2 N–H and O–H groups in total. The lowest BCUT2D eigenvalue weighted by Crippen LogP contribution is -2.57. The van der Waals surface area contributed by atoms with Crippen molar-refractivity contribution in [2.75, 3.05) is 18.0 Å². The summed E-state index contributed by atoms with van der Waals surface area (Å²) >= 11 is 0. The summed E-state index contributed by atoms with van der Waals surface area (Å²) in [6, 6.07) is 2.04. The first kappa shape index (κ1) is 13.3. The third-order valence-corrected chi connectivity index (χ3v) is 3.13. The Bertz CT molecular complexity index is 413. The Morgan fingerprint density at radius 3 is 2.44 bits per heavy atom. The molecule has 4 nitrogen and oxygen atoms in total. The Morgan fingerprint density at radius 1 is 1.28 bits per heavy atom. The van der Waals surface area contributed by atoms with Crippen molar-refractivity contribution in [1.82, 2.24) is 4.98 Å². The number of hydrogen-bond donors (Lipinski definition) is 1. The molecule has 1 saturated heterocycles. The molecule has 100 valence electrons. The van der Waals surface area contributed by atoms with Gasteiger partial charge in [0.2, 0.25) is 0 Å². The number of rotatable bonds is 2. The van der Waals surface area contributed by atoms with Crippen LogP contribution in [0.2, 0.25) is 0 Å². The average molecular weight is 249 g/mol. The van der Waals surface area contributed by atoms with Crippen LogP contribution in [-0.2, 0) is 11.3 Å². The van der Waals surface area contributed by atoms with E-state index in [1.54, 1.807) is 0 Å². The fourth-order valence-electron chi connectivity index (χ4n) is 2.84. The van der Waals surface area contributed by atoms with E-state index in [0.717, 1.165) is 18.7 Å². The smallest absolute Gasteiger partial charge is 0.0808 e. The zero-order valence-corrected chi connectivity index (χ0v) is 11.7. The summed E-state index contributed by atoms with van der Waals surface area (Å²) in [6.07, 6.45) is 3.68. The molecule has 0 aromatic carbocycles. The fourth-order valence-corrected chi connectivity index (χ4v) is 2.84. The van der Waals surface area contributed by atoms with E-state index in [4.69, 9.17) is 10.5 Å². The van der Waals surface area contributed by atoms with Crippen LogP contribution in [0.25, 0.3) is 0 Å². The number of nitrogens with zero attached hydrogens (tertiary/aromatic N) is 2. The van der Waals surface area contributed by atoms with Crippen LogP contribution >= 0.6 is 0 Å². The Hall–Kier alpha value is -1.13. The highest BCUT2D eigenvalue weighted by Crippen LogP contribution is 2.32. The number of nitrogens with two attached hydrogens (primary N) is 1. The molecule has 1 aromatic heterocycles. The number of aromatic nitrogens is 1. The average Bonchev–Trinajstić information content (AvgIpc) is 2.24. The predicted octanol–water partition coefficient (Wildman–Crippen LogP) is 1.93. The number of ether oxygens (including phenoxy) is 1. The van der Waals surface area contributed by atoms with Crippen molar-refractivity contribution in [1.29, 1.82) is 0 Å². The summed E-state index contributed by atoms with van der Waals surface area (Å²) in [6.45, 7) is 10.8. The Balaban J connectivity index is 2.32. The Morgan fingerprint density at radius 2 is 1.89 bits per heavy atom. The molecule has 0 spiro atoms. The highest BCUT2D eigenvalue weighted by Gasteiger charge is 2.38. The van der Waals surface area contributed by atoms with Crippen molar-refractivity contribution in [2.45, 2.75) is 45.4 Å². The van der Waals surface area contributed by atoms with E-state index in [-0.39, 0.29) is 11.2 Å². The van der Waals surface area contributed by atoms with Gasteiger partial charge in [0, 0.05) is 43.3 Å². The number of morpholine rings is 1. The quantitative estimate of drug-likeness (QED) is 0.870. The van der Waals surface area contributed by atoms with E-state index in [2.05, 4.69) is 37.6 Å². The third kappa shape index (κ3) is 2.82. The van der Waals surface area contributed by atoms with Crippen LogP contribution in [0, 0.1) is 0 Å². The molecule has 0 bridgehead atoms. The van der Waals surface area contributed by atoms with Crippen molar-refractivity contribution >= 4 is 5.69 Å². The Kier molecular flexibility index (Phi) is 3.34. The van der Waals surface area contributed by atoms with Gasteiger partial charge in [0.15, 0.2) is 0 Å². The fraction of sp³-hybridized carbons (Fsp3) is 0.643. The maximum atomic E-state index is 6.10. The van der Waals surface area contributed by atoms with Crippen molar-refractivity contribution in [3.05, 3.63) is 24.0 Å². The van der Waals surface area contributed by atoms with Crippen LogP contribution in [0.3, 0.4) is 0 Å². The summed E-state index contributed by atoms with van der Waals surface area (Å²) in [5, 5.41) is 0. The highest BCUT2D eigenvalue weighted by molar-refractivity contribution is 5.53. The van der Waals surface area contributed by atoms with Crippen LogP contribution in [0.4, 0.5) is 5.69 Å². The molecule has 0 unspecified atom stereocenters. The first-order valence-electron chi connectivity index (χ1n) is 6.41. The molecule has 2 rings (SSSR count). The molecule has 0 atom stereocenters. The van der Waals surface area contributed by atoms with Crippen LogP contribution in [0.15, 0.2) is 18.5 Å². The molecule has 0 amide bonds. The Labute approximate surface area is 109 Å². The van der Waals surface area contributed by atoms with Crippen molar-refractivity contribution in [3.63, 3.8) is 0 Å². The van der Waals surface area contributed by atoms with Crippen molar-refractivity contribution in [3.8, 4) is 0 Å². The topological polar surface area (TPSA) is 51.4 Å². The minimum Gasteiger partial charge on any atom is -0.366 e. The molecular formula is C14H23N3O. The van der Waals surface area contributed by atoms with Crippen LogP contribution in [0.1, 0.15) is 33.3 Å². The molecule has 0 saturated carbocycles. The van der Waals surface area contributed by atoms with Crippen molar-refractivity contribution in [2.24, 2.45) is 5.73 Å². The molecular weight excluding hydrogens is 226 g/mol. The maximum absolute atomic E-state index is 6.10. The summed E-state index contributed by atoms with van der Waals surface area (Å²) in [7, 11) is 0. The zero-order valence-electron chi connectivity index (χ0n) is 11.7. The molecule has 1 aromatic rings. The van der Waals surface area contributed by atoms with Gasteiger partial charge in [-0.05, 0) is 33.8 Å². The standard InChI is InChI=1S/C14H23N3O/c1-13(2)9-17(10-14(3,4)18-13)12-5-6-16-8-11(12)7-15/h5-6,8H,7,9-10,15H2,1-4H3. The molecule has 1 aliphatic heterocycles. The van der Waals surface area contributed by atoms with Gasteiger partial charge in [0.25, 0.3) is 0 Å². The van der Waals surface area contributed by atoms with E-state index >= 15 is 0 Å². The van der Waals surface area contributed by atoms with E-state index in [1.807, 2.05) is 18.5 Å². The normalized spacial score (nSPS) is 21.9. The van der Waals surface area contributed by atoms with Gasteiger partial charge in [0.1, 0.15) is 0 Å². The van der Waals surface area contributed by atoms with Crippen molar-refractivity contribution < 1.29 is 4.74 Å². The van der Waals surface area contributed by atoms with E-state index in [1.165, 1.54) is 5.69 Å². The molecule has 2 heterocycles. The second-order valence-electron chi connectivity index (χ2n) is 6.19. The lowest BCUT2D eigenvalue weighted by Gasteiger charge is -2.48. The van der Waals surface area contributed by atoms with Gasteiger partial charge in [-0.2, -0.15) is 0 Å². The molecule has 18 heavy (non-hydrogen) atoms. The zero-order chi connectivity index (χ0) is 13.4. The molecule has 1 fully saturated rings. The first-order chi connectivity index (χ1) is 8.33. The summed E-state index contributed by atoms with van der Waals surface area (Å²) in [5.41, 5.74) is 7.75. The lowest BCUT2D eigenvalue weighted by atomic mass is 9.98. The molecule has 0 radical (unpaired) electrons. The largest absolute Gasteiger partial charge is 0.366 e. The van der Waals surface area contributed by atoms with Crippen LogP contribution in [-0.4, -0.2) is 29.3 Å². The molecule has 4 heteroatoms.